The summed E-state index contributed by atoms with van der Waals surface area (Å²) in [5.41, 5.74) is 3.06. The summed E-state index contributed by atoms with van der Waals surface area (Å²) in [5.74, 6) is 0.860. The van der Waals surface area contributed by atoms with E-state index in [4.69, 9.17) is 0 Å². The third-order valence-corrected chi connectivity index (χ3v) is 5.17. The Morgan fingerprint density at radius 1 is 1.15 bits per heavy atom. The molecule has 2 aliphatic rings. The van der Waals surface area contributed by atoms with E-state index >= 15 is 0 Å². The molecule has 0 aromatic rings. The minimum absolute atomic E-state index is 0.0397. The van der Waals surface area contributed by atoms with Crippen LogP contribution in [0.15, 0.2) is 71.4 Å². The van der Waals surface area contributed by atoms with Crippen LogP contribution >= 0.6 is 0 Å². The van der Waals surface area contributed by atoms with Gasteiger partial charge in [-0.15, -0.1) is 0 Å². The van der Waals surface area contributed by atoms with Crippen LogP contribution in [0.5, 0.6) is 0 Å². The van der Waals surface area contributed by atoms with Gasteiger partial charge in [0.1, 0.15) is 0 Å². The molecule has 0 aromatic heterocycles. The Morgan fingerprint density at radius 2 is 1.92 bits per heavy atom. The fourth-order valence-electron chi connectivity index (χ4n) is 3.45. The lowest BCUT2D eigenvalue weighted by Gasteiger charge is -2.22. The van der Waals surface area contributed by atoms with Crippen LogP contribution in [0.3, 0.4) is 0 Å². The predicted octanol–water partition coefficient (Wildman–Crippen LogP) is 7.05. The molecule has 0 bridgehead atoms. The van der Waals surface area contributed by atoms with E-state index in [-0.39, 0.29) is 11.2 Å². The highest BCUT2D eigenvalue weighted by atomic mass is 16.1. The lowest BCUT2D eigenvalue weighted by Crippen LogP contribution is -2.13. The molecule has 0 aromatic carbocycles. The van der Waals surface area contributed by atoms with E-state index in [0.29, 0.717) is 5.92 Å². The molecule has 0 radical (unpaired) electrons. The maximum absolute atomic E-state index is 13.2. The number of hydrogen-bond donors (Lipinski definition) is 0. The second kappa shape index (κ2) is 9.71. The summed E-state index contributed by atoms with van der Waals surface area (Å²) in [7, 11) is 0. The van der Waals surface area contributed by atoms with Crippen molar-refractivity contribution in [3.8, 4) is 0 Å². The average molecular weight is 351 g/mol. The van der Waals surface area contributed by atoms with Gasteiger partial charge in [-0.2, -0.15) is 0 Å². The van der Waals surface area contributed by atoms with E-state index in [1.165, 1.54) is 24.8 Å². The normalized spacial score (nSPS) is 22.6. The van der Waals surface area contributed by atoms with E-state index in [9.17, 15) is 4.79 Å². The van der Waals surface area contributed by atoms with Gasteiger partial charge in [0, 0.05) is 16.6 Å². The average Bonchev–Trinajstić information content (AvgIpc) is 2.96. The van der Waals surface area contributed by atoms with Gasteiger partial charge in [0.2, 0.25) is 0 Å². The van der Waals surface area contributed by atoms with Crippen LogP contribution in [-0.2, 0) is 4.79 Å². The molecular formula is C25H34O. The van der Waals surface area contributed by atoms with E-state index in [1.54, 1.807) is 0 Å². The predicted molar refractivity (Wildman–Crippen MR) is 113 cm³/mol. The molecule has 2 rings (SSSR count). The zero-order valence-corrected chi connectivity index (χ0v) is 16.9. The monoisotopic (exact) mass is 350 g/mol. The smallest absolute Gasteiger partial charge is 0.189 e. The van der Waals surface area contributed by atoms with E-state index in [1.807, 2.05) is 24.3 Å². The number of carbonyl (C=O) groups excluding carboxylic acids is 1. The van der Waals surface area contributed by atoms with Gasteiger partial charge >= 0.3 is 0 Å². The number of rotatable bonds is 8. The molecule has 2 aliphatic carbocycles. The van der Waals surface area contributed by atoms with Crippen molar-refractivity contribution in [3.05, 3.63) is 71.4 Å². The first-order valence-electron chi connectivity index (χ1n) is 10.1. The first-order chi connectivity index (χ1) is 12.4. The highest BCUT2D eigenvalue weighted by Crippen LogP contribution is 2.33. The molecule has 26 heavy (non-hydrogen) atoms. The van der Waals surface area contributed by atoms with Crippen molar-refractivity contribution in [2.75, 3.05) is 0 Å². The summed E-state index contributed by atoms with van der Waals surface area (Å²) in [4.78, 5) is 13.2. The lowest BCUT2D eigenvalue weighted by atomic mass is 9.82. The molecule has 0 aliphatic heterocycles. The minimum Gasteiger partial charge on any atom is -0.289 e. The van der Waals surface area contributed by atoms with Gasteiger partial charge in [0.25, 0.3) is 0 Å². The van der Waals surface area contributed by atoms with Crippen molar-refractivity contribution >= 4 is 5.78 Å². The first kappa shape index (κ1) is 20.4. The van der Waals surface area contributed by atoms with Crippen LogP contribution in [-0.4, -0.2) is 5.78 Å². The number of carbonyl (C=O) groups is 1. The zero-order chi connectivity index (χ0) is 19.0. The molecule has 1 heteroatoms. The van der Waals surface area contributed by atoms with Crippen LogP contribution in [0.25, 0.3) is 0 Å². The second-order valence-electron chi connectivity index (χ2n) is 8.27. The van der Waals surface area contributed by atoms with Crippen LogP contribution in [0.4, 0.5) is 0 Å². The molecule has 0 amide bonds. The molecule has 0 saturated carbocycles. The van der Waals surface area contributed by atoms with Crippen molar-refractivity contribution in [2.45, 2.75) is 66.2 Å². The highest BCUT2D eigenvalue weighted by molar-refractivity contribution is 6.10. The highest BCUT2D eigenvalue weighted by Gasteiger charge is 2.23. The van der Waals surface area contributed by atoms with Crippen molar-refractivity contribution in [2.24, 2.45) is 11.3 Å². The van der Waals surface area contributed by atoms with E-state index < -0.39 is 0 Å². The molecule has 0 saturated heterocycles. The van der Waals surface area contributed by atoms with Gasteiger partial charge in [-0.05, 0) is 31.6 Å². The second-order valence-corrected chi connectivity index (χ2v) is 8.27. The molecule has 0 spiro atoms. The Labute approximate surface area is 160 Å². The summed E-state index contributed by atoms with van der Waals surface area (Å²) in [6, 6.07) is 0. The van der Waals surface area contributed by atoms with E-state index in [2.05, 4.69) is 58.1 Å². The Morgan fingerprint density at radius 3 is 2.65 bits per heavy atom. The van der Waals surface area contributed by atoms with Crippen molar-refractivity contribution < 1.29 is 4.79 Å². The zero-order valence-electron chi connectivity index (χ0n) is 16.9. The Kier molecular flexibility index (Phi) is 7.63. The number of unbranched alkanes of at least 4 members (excludes halogenated alkanes) is 1. The number of ketones is 1. The first-order valence-corrected chi connectivity index (χ1v) is 10.1. The maximum Gasteiger partial charge on any atom is 0.189 e. The van der Waals surface area contributed by atoms with Gasteiger partial charge in [-0.25, -0.2) is 0 Å². The third kappa shape index (κ3) is 6.12. The van der Waals surface area contributed by atoms with E-state index in [0.717, 1.165) is 30.4 Å². The van der Waals surface area contributed by atoms with Crippen LogP contribution in [0.1, 0.15) is 66.2 Å². The van der Waals surface area contributed by atoms with Crippen LogP contribution < -0.4 is 0 Å². The number of Topliss-reactive ketones (excluding diaryl/α,β-unsaturated/α-hetero) is 1. The number of hydrogen-bond acceptors (Lipinski definition) is 1. The fourth-order valence-corrected chi connectivity index (χ4v) is 3.45. The van der Waals surface area contributed by atoms with Gasteiger partial charge in [-0.3, -0.25) is 4.79 Å². The largest absolute Gasteiger partial charge is 0.289 e. The summed E-state index contributed by atoms with van der Waals surface area (Å²) < 4.78 is 0. The van der Waals surface area contributed by atoms with Crippen molar-refractivity contribution in [3.63, 3.8) is 0 Å². The molecule has 0 fully saturated rings. The molecule has 1 nitrogen and oxygen atoms in total. The Hall–Kier alpha value is -1.89. The third-order valence-electron chi connectivity index (χ3n) is 5.17. The van der Waals surface area contributed by atoms with Crippen LogP contribution in [0, 0.1) is 11.3 Å². The quantitative estimate of drug-likeness (QED) is 0.458. The van der Waals surface area contributed by atoms with Crippen LogP contribution in [0.2, 0.25) is 0 Å². The van der Waals surface area contributed by atoms with Gasteiger partial charge < -0.3 is 0 Å². The molecule has 0 heterocycles. The summed E-state index contributed by atoms with van der Waals surface area (Å²) in [6.45, 7) is 8.95. The lowest BCUT2D eigenvalue weighted by molar-refractivity contribution is -0.112. The molecule has 0 N–H and O–H groups in total. The van der Waals surface area contributed by atoms with Gasteiger partial charge in [-0.1, -0.05) is 101 Å². The SMILES string of the molecule is CCCCC1(C)C=CC=CC(C(=O)C2=CC=CC=C(CCC(C)C)C2)=C1. The Balaban J connectivity index is 2.17. The summed E-state index contributed by atoms with van der Waals surface area (Å²) in [5, 5.41) is 0. The molecular weight excluding hydrogens is 316 g/mol. The fraction of sp³-hybridized carbons (Fsp3) is 0.480. The van der Waals surface area contributed by atoms with Gasteiger partial charge in [0.15, 0.2) is 5.78 Å². The van der Waals surface area contributed by atoms with Crippen molar-refractivity contribution in [1.29, 1.82) is 0 Å². The van der Waals surface area contributed by atoms with Crippen molar-refractivity contribution in [1.82, 2.24) is 0 Å². The standard InChI is InChI=1S/C25H34O/c1-5-6-16-25(4)17-10-9-13-23(19-25)24(26)22-12-8-7-11-21(18-22)15-14-20(2)3/h7-13,17,19-20H,5-6,14-16,18H2,1-4H3. The molecule has 1 unspecified atom stereocenters. The number of allylic oxidation sites excluding steroid dienone is 12. The Bertz CT molecular complexity index is 679. The maximum atomic E-state index is 13.2. The molecule has 1 atom stereocenters. The topological polar surface area (TPSA) is 17.1 Å². The summed E-state index contributed by atoms with van der Waals surface area (Å²) >= 11 is 0. The minimum atomic E-state index is -0.0397. The van der Waals surface area contributed by atoms with Gasteiger partial charge in [0.05, 0.1) is 0 Å². The summed E-state index contributed by atoms with van der Waals surface area (Å²) in [6.07, 6.45) is 25.2. The molecule has 140 valence electrons.